The fourth-order valence-electron chi connectivity index (χ4n) is 3.35. The summed E-state index contributed by atoms with van der Waals surface area (Å²) in [6.07, 6.45) is 0. The van der Waals surface area contributed by atoms with Crippen molar-refractivity contribution < 1.29 is 23.6 Å². The van der Waals surface area contributed by atoms with Gasteiger partial charge in [0.05, 0.1) is 25.9 Å². The molecule has 134 valence electrons. The number of anilines is 1. The number of carbonyl (C=O) groups is 2. The third kappa shape index (κ3) is 3.09. The van der Waals surface area contributed by atoms with Gasteiger partial charge in [-0.2, -0.15) is 0 Å². The summed E-state index contributed by atoms with van der Waals surface area (Å²) in [6.45, 7) is 1.87. The first-order valence-electron chi connectivity index (χ1n) is 8.53. The highest BCUT2D eigenvalue weighted by atomic mass is 16.5. The smallest absolute Gasteiger partial charge is 0.279 e. The Labute approximate surface area is 149 Å². The van der Waals surface area contributed by atoms with E-state index in [1.807, 2.05) is 30.3 Å². The molecule has 0 radical (unpaired) electrons. The zero-order valence-corrected chi connectivity index (χ0v) is 14.4. The van der Waals surface area contributed by atoms with E-state index in [2.05, 4.69) is 10.6 Å². The van der Waals surface area contributed by atoms with E-state index in [9.17, 15) is 9.59 Å². The third-order valence-electron chi connectivity index (χ3n) is 4.59. The van der Waals surface area contributed by atoms with Crippen molar-refractivity contribution in [2.75, 3.05) is 38.6 Å². The average molecular weight is 354 g/mol. The Balaban J connectivity index is 1.59. The topological polar surface area (TPSA) is 85.0 Å². The second-order valence-corrected chi connectivity index (χ2v) is 6.40. The lowest BCUT2D eigenvalue weighted by Crippen LogP contribution is -3.16. The monoisotopic (exact) mass is 354 g/mol. The Morgan fingerprint density at radius 1 is 1.27 bits per heavy atom. The molecule has 26 heavy (non-hydrogen) atoms. The number of benzene rings is 2. The summed E-state index contributed by atoms with van der Waals surface area (Å²) in [5.74, 6) is 0.382. The van der Waals surface area contributed by atoms with Crippen LogP contribution in [0, 0.1) is 0 Å². The summed E-state index contributed by atoms with van der Waals surface area (Å²) in [5.41, 5.74) is 2.04. The highest BCUT2D eigenvalue weighted by molar-refractivity contribution is 6.07. The molecule has 0 bridgehead atoms. The van der Waals surface area contributed by atoms with E-state index in [0.717, 1.165) is 27.8 Å². The van der Waals surface area contributed by atoms with Gasteiger partial charge in [0.15, 0.2) is 13.1 Å². The Morgan fingerprint density at radius 3 is 2.92 bits per heavy atom. The van der Waals surface area contributed by atoms with Crippen molar-refractivity contribution in [1.82, 2.24) is 5.32 Å². The first-order chi connectivity index (χ1) is 12.6. The lowest BCUT2D eigenvalue weighted by Gasteiger charge is -2.23. The molecular weight excluding hydrogens is 334 g/mol. The molecule has 1 aliphatic heterocycles. The van der Waals surface area contributed by atoms with Crippen molar-refractivity contribution >= 4 is 39.4 Å². The van der Waals surface area contributed by atoms with Crippen LogP contribution >= 0.6 is 0 Å². The maximum Gasteiger partial charge on any atom is 0.279 e. The summed E-state index contributed by atoms with van der Waals surface area (Å²) < 4.78 is 11.3. The molecule has 0 saturated carbocycles. The van der Waals surface area contributed by atoms with Gasteiger partial charge >= 0.3 is 0 Å². The molecule has 1 fully saturated rings. The van der Waals surface area contributed by atoms with E-state index in [0.29, 0.717) is 30.1 Å². The quantitative estimate of drug-likeness (QED) is 0.639. The van der Waals surface area contributed by atoms with E-state index in [-0.39, 0.29) is 18.4 Å². The SMILES string of the molecule is COc1cc2c(cc1NC(=O)C[NH+]1CCNC(=O)C1)oc1ccccc12. The molecule has 2 aromatic carbocycles. The van der Waals surface area contributed by atoms with Crippen LogP contribution in [0.3, 0.4) is 0 Å². The predicted molar refractivity (Wildman–Crippen MR) is 97.5 cm³/mol. The molecule has 1 aliphatic rings. The van der Waals surface area contributed by atoms with E-state index in [4.69, 9.17) is 9.15 Å². The van der Waals surface area contributed by atoms with Crippen molar-refractivity contribution in [2.45, 2.75) is 0 Å². The number of ether oxygens (including phenoxy) is 1. The highest BCUT2D eigenvalue weighted by Crippen LogP contribution is 2.36. The molecule has 3 aromatic rings. The third-order valence-corrected chi connectivity index (χ3v) is 4.59. The van der Waals surface area contributed by atoms with Gasteiger partial charge in [0.2, 0.25) is 0 Å². The summed E-state index contributed by atoms with van der Waals surface area (Å²) in [7, 11) is 1.57. The minimum Gasteiger partial charge on any atom is -0.495 e. The lowest BCUT2D eigenvalue weighted by atomic mass is 10.1. The van der Waals surface area contributed by atoms with E-state index in [1.165, 1.54) is 0 Å². The number of amides is 2. The molecule has 7 nitrogen and oxygen atoms in total. The summed E-state index contributed by atoms with van der Waals surface area (Å²) in [6, 6.07) is 11.4. The van der Waals surface area contributed by atoms with Gasteiger partial charge in [0.25, 0.3) is 11.8 Å². The molecule has 1 saturated heterocycles. The predicted octanol–water partition coefficient (Wildman–Crippen LogP) is 0.548. The number of hydrogen-bond acceptors (Lipinski definition) is 4. The molecule has 7 heteroatoms. The molecule has 0 spiro atoms. The largest absolute Gasteiger partial charge is 0.495 e. The maximum atomic E-state index is 12.4. The summed E-state index contributed by atoms with van der Waals surface area (Å²) in [4.78, 5) is 24.8. The van der Waals surface area contributed by atoms with Crippen molar-refractivity contribution in [3.05, 3.63) is 36.4 Å². The highest BCUT2D eigenvalue weighted by Gasteiger charge is 2.23. The molecule has 2 heterocycles. The van der Waals surface area contributed by atoms with E-state index >= 15 is 0 Å². The van der Waals surface area contributed by atoms with Crippen LogP contribution in [-0.4, -0.2) is 45.1 Å². The van der Waals surface area contributed by atoms with Crippen LogP contribution in [0.2, 0.25) is 0 Å². The van der Waals surface area contributed by atoms with Crippen molar-refractivity contribution in [1.29, 1.82) is 0 Å². The Bertz CT molecular complexity index is 995. The van der Waals surface area contributed by atoms with Gasteiger partial charge in [-0.25, -0.2) is 0 Å². The van der Waals surface area contributed by atoms with Crippen molar-refractivity contribution in [3.63, 3.8) is 0 Å². The number of hydrogen-bond donors (Lipinski definition) is 3. The van der Waals surface area contributed by atoms with Gasteiger partial charge in [-0.05, 0) is 12.1 Å². The maximum absolute atomic E-state index is 12.4. The lowest BCUT2D eigenvalue weighted by molar-refractivity contribution is -0.885. The number of rotatable bonds is 4. The normalized spacial score (nSPS) is 17.3. The average Bonchev–Trinajstić information content (AvgIpc) is 2.98. The number of furan rings is 1. The molecule has 4 rings (SSSR count). The first kappa shape index (κ1) is 16.4. The standard InChI is InChI=1S/C19H19N3O4/c1-25-17-8-13-12-4-2-3-5-15(12)26-16(13)9-14(17)21-19(24)11-22-7-6-20-18(23)10-22/h2-5,8-9H,6-7,10-11H2,1H3,(H,20,23)(H,21,24)/p+1. The van der Waals surface area contributed by atoms with Gasteiger partial charge < -0.3 is 24.7 Å². The fourth-order valence-corrected chi connectivity index (χ4v) is 3.35. The molecule has 2 amide bonds. The van der Waals surface area contributed by atoms with Crippen LogP contribution in [0.5, 0.6) is 5.75 Å². The van der Waals surface area contributed by atoms with Crippen LogP contribution in [0.25, 0.3) is 21.9 Å². The first-order valence-corrected chi connectivity index (χ1v) is 8.53. The molecule has 1 unspecified atom stereocenters. The molecule has 1 atom stereocenters. The van der Waals surface area contributed by atoms with Crippen LogP contribution in [0.15, 0.2) is 40.8 Å². The second-order valence-electron chi connectivity index (χ2n) is 6.40. The second kappa shape index (κ2) is 6.68. The number of para-hydroxylation sites is 1. The number of carbonyl (C=O) groups excluding carboxylic acids is 2. The molecule has 0 aliphatic carbocycles. The zero-order chi connectivity index (χ0) is 18.1. The Kier molecular flexibility index (Phi) is 4.22. The van der Waals surface area contributed by atoms with Gasteiger partial charge in [-0.3, -0.25) is 9.59 Å². The van der Waals surface area contributed by atoms with Gasteiger partial charge in [0.1, 0.15) is 16.9 Å². The summed E-state index contributed by atoms with van der Waals surface area (Å²) in [5, 5.41) is 7.59. The van der Waals surface area contributed by atoms with E-state index in [1.54, 1.807) is 13.2 Å². The molecule has 3 N–H and O–H groups in total. The van der Waals surface area contributed by atoms with Gasteiger partial charge in [0, 0.05) is 16.8 Å². The number of piperazine rings is 1. The Hall–Kier alpha value is -3.06. The van der Waals surface area contributed by atoms with Crippen LogP contribution in [-0.2, 0) is 9.59 Å². The minimum absolute atomic E-state index is 0.0275. The van der Waals surface area contributed by atoms with Gasteiger partial charge in [-0.15, -0.1) is 0 Å². The number of quaternary nitrogens is 1. The number of fused-ring (bicyclic) bond motifs is 3. The molecular formula is C19H20N3O4+. The molecule has 1 aromatic heterocycles. The fraction of sp³-hybridized carbons (Fsp3) is 0.263. The minimum atomic E-state index is -0.163. The van der Waals surface area contributed by atoms with Crippen molar-refractivity contribution in [2.24, 2.45) is 0 Å². The van der Waals surface area contributed by atoms with Gasteiger partial charge in [-0.1, -0.05) is 18.2 Å². The van der Waals surface area contributed by atoms with Crippen LogP contribution in [0.4, 0.5) is 5.69 Å². The summed E-state index contributed by atoms with van der Waals surface area (Å²) >= 11 is 0. The Morgan fingerprint density at radius 2 is 2.12 bits per heavy atom. The van der Waals surface area contributed by atoms with Crippen LogP contribution in [0.1, 0.15) is 0 Å². The van der Waals surface area contributed by atoms with E-state index < -0.39 is 0 Å². The van der Waals surface area contributed by atoms with Crippen molar-refractivity contribution in [3.8, 4) is 5.75 Å². The van der Waals surface area contributed by atoms with Crippen LogP contribution < -0.4 is 20.3 Å². The number of nitrogens with one attached hydrogen (secondary N) is 3. The number of methoxy groups -OCH3 is 1. The zero-order valence-electron chi connectivity index (χ0n) is 14.4.